The topological polar surface area (TPSA) is 72.7 Å². The minimum atomic E-state index is -4.50. The predicted octanol–water partition coefficient (Wildman–Crippen LogP) is 3.08. The smallest absolute Gasteiger partial charge is 0.323 e. The van der Waals surface area contributed by atoms with Gasteiger partial charge in [0.25, 0.3) is 0 Å². The standard InChI is InChI=1S/C14H9F4N5O/c15-8-1-2-19-12(3-8)21-13-10-5-20-9(6-24)4-11(10)23(22-13)7-14(16,17)18/h1-6H,7H2,(H,19,21,22). The molecule has 0 aliphatic heterocycles. The molecule has 0 atom stereocenters. The molecule has 0 radical (unpaired) electrons. The Morgan fingerprint density at radius 3 is 2.71 bits per heavy atom. The van der Waals surface area contributed by atoms with E-state index in [9.17, 15) is 22.4 Å². The number of pyridine rings is 2. The highest BCUT2D eigenvalue weighted by molar-refractivity contribution is 5.93. The fraction of sp³-hybridized carbons (Fsp3) is 0.143. The van der Waals surface area contributed by atoms with Crippen LogP contribution in [0, 0.1) is 5.82 Å². The molecule has 24 heavy (non-hydrogen) atoms. The molecule has 0 saturated carbocycles. The summed E-state index contributed by atoms with van der Waals surface area (Å²) >= 11 is 0. The van der Waals surface area contributed by atoms with Crippen LogP contribution >= 0.6 is 0 Å². The number of carbonyl (C=O) groups is 1. The van der Waals surface area contributed by atoms with Crippen molar-refractivity contribution in [2.45, 2.75) is 12.7 Å². The molecule has 0 amide bonds. The highest BCUT2D eigenvalue weighted by Crippen LogP contribution is 2.28. The maximum absolute atomic E-state index is 13.2. The Morgan fingerprint density at radius 2 is 2.04 bits per heavy atom. The number of rotatable bonds is 4. The minimum absolute atomic E-state index is 0.0253. The average Bonchev–Trinajstić information content (AvgIpc) is 2.82. The van der Waals surface area contributed by atoms with Crippen molar-refractivity contribution in [3.63, 3.8) is 0 Å². The van der Waals surface area contributed by atoms with Gasteiger partial charge in [0, 0.05) is 18.5 Å². The van der Waals surface area contributed by atoms with Gasteiger partial charge in [-0.05, 0) is 12.1 Å². The number of anilines is 2. The third kappa shape index (κ3) is 3.31. The summed E-state index contributed by atoms with van der Waals surface area (Å²) in [4.78, 5) is 18.5. The molecule has 0 aliphatic carbocycles. The second-order valence-corrected chi connectivity index (χ2v) is 4.85. The second-order valence-electron chi connectivity index (χ2n) is 4.85. The van der Waals surface area contributed by atoms with Gasteiger partial charge in [-0.3, -0.25) is 14.5 Å². The maximum atomic E-state index is 13.2. The third-order valence-electron chi connectivity index (χ3n) is 3.08. The fourth-order valence-electron chi connectivity index (χ4n) is 2.13. The highest BCUT2D eigenvalue weighted by atomic mass is 19.4. The summed E-state index contributed by atoms with van der Waals surface area (Å²) in [5.41, 5.74) is 0.0459. The predicted molar refractivity (Wildman–Crippen MR) is 76.4 cm³/mol. The zero-order chi connectivity index (χ0) is 17.3. The van der Waals surface area contributed by atoms with E-state index in [1.165, 1.54) is 18.5 Å². The lowest BCUT2D eigenvalue weighted by Gasteiger charge is -2.07. The van der Waals surface area contributed by atoms with Gasteiger partial charge in [-0.15, -0.1) is 0 Å². The summed E-state index contributed by atoms with van der Waals surface area (Å²) in [6.07, 6.45) is -1.65. The molecule has 124 valence electrons. The summed E-state index contributed by atoms with van der Waals surface area (Å²) in [6.45, 7) is -1.34. The van der Waals surface area contributed by atoms with Gasteiger partial charge in [0.15, 0.2) is 12.1 Å². The van der Waals surface area contributed by atoms with Crippen molar-refractivity contribution in [2.24, 2.45) is 0 Å². The SMILES string of the molecule is O=Cc1cc2c(cn1)c(Nc1cc(F)ccn1)nn2CC(F)(F)F. The van der Waals surface area contributed by atoms with Gasteiger partial charge in [0.1, 0.15) is 23.9 Å². The highest BCUT2D eigenvalue weighted by Gasteiger charge is 2.30. The van der Waals surface area contributed by atoms with E-state index in [2.05, 4.69) is 20.4 Å². The number of fused-ring (bicyclic) bond motifs is 1. The first-order valence-electron chi connectivity index (χ1n) is 6.63. The van der Waals surface area contributed by atoms with E-state index in [1.807, 2.05) is 0 Å². The number of aromatic nitrogens is 4. The summed E-state index contributed by atoms with van der Waals surface area (Å²) < 4.78 is 52.0. The lowest BCUT2D eigenvalue weighted by molar-refractivity contribution is -0.141. The van der Waals surface area contributed by atoms with Crippen LogP contribution in [-0.4, -0.2) is 32.2 Å². The molecule has 0 spiro atoms. The van der Waals surface area contributed by atoms with Crippen LogP contribution in [0.15, 0.2) is 30.6 Å². The van der Waals surface area contributed by atoms with Gasteiger partial charge in [-0.1, -0.05) is 0 Å². The van der Waals surface area contributed by atoms with E-state index in [0.717, 1.165) is 12.1 Å². The van der Waals surface area contributed by atoms with E-state index in [4.69, 9.17) is 0 Å². The summed E-state index contributed by atoms with van der Waals surface area (Å²) in [6, 6.07) is 3.40. The summed E-state index contributed by atoms with van der Waals surface area (Å²) in [7, 11) is 0. The van der Waals surface area contributed by atoms with Crippen LogP contribution in [0.2, 0.25) is 0 Å². The minimum Gasteiger partial charge on any atom is -0.323 e. The van der Waals surface area contributed by atoms with Crippen LogP contribution in [0.5, 0.6) is 0 Å². The van der Waals surface area contributed by atoms with Crippen molar-refractivity contribution < 1.29 is 22.4 Å². The van der Waals surface area contributed by atoms with Crippen molar-refractivity contribution in [3.8, 4) is 0 Å². The Morgan fingerprint density at radius 1 is 1.25 bits per heavy atom. The molecule has 3 heterocycles. The zero-order valence-corrected chi connectivity index (χ0v) is 11.9. The Bertz CT molecular complexity index is 906. The number of aldehydes is 1. The number of nitrogens with one attached hydrogen (secondary N) is 1. The molecule has 0 unspecified atom stereocenters. The van der Waals surface area contributed by atoms with Crippen molar-refractivity contribution in [1.82, 2.24) is 19.7 Å². The number of hydrogen-bond donors (Lipinski definition) is 1. The molecular formula is C14H9F4N5O. The van der Waals surface area contributed by atoms with Crippen molar-refractivity contribution in [2.75, 3.05) is 5.32 Å². The van der Waals surface area contributed by atoms with E-state index >= 15 is 0 Å². The molecule has 3 aromatic heterocycles. The molecule has 0 aliphatic rings. The van der Waals surface area contributed by atoms with Crippen molar-refractivity contribution in [1.29, 1.82) is 0 Å². The average molecular weight is 339 g/mol. The first kappa shape index (κ1) is 15.8. The van der Waals surface area contributed by atoms with E-state index in [1.54, 1.807) is 0 Å². The van der Waals surface area contributed by atoms with Gasteiger partial charge in [-0.25, -0.2) is 9.37 Å². The van der Waals surface area contributed by atoms with Crippen LogP contribution in [0.4, 0.5) is 29.2 Å². The Kier molecular flexibility index (Phi) is 3.87. The molecule has 0 saturated heterocycles. The number of alkyl halides is 3. The van der Waals surface area contributed by atoms with Gasteiger partial charge >= 0.3 is 6.18 Å². The number of hydrogen-bond acceptors (Lipinski definition) is 5. The fourth-order valence-corrected chi connectivity index (χ4v) is 2.13. The Hall–Kier alpha value is -3.04. The number of nitrogens with zero attached hydrogens (tertiary/aromatic N) is 4. The van der Waals surface area contributed by atoms with E-state index in [-0.39, 0.29) is 28.2 Å². The van der Waals surface area contributed by atoms with Crippen LogP contribution in [-0.2, 0) is 6.54 Å². The molecule has 0 fully saturated rings. The third-order valence-corrected chi connectivity index (χ3v) is 3.08. The first-order chi connectivity index (χ1) is 11.4. The second kappa shape index (κ2) is 5.87. The van der Waals surface area contributed by atoms with Gasteiger partial charge < -0.3 is 5.32 Å². The summed E-state index contributed by atoms with van der Waals surface area (Å²) in [5, 5.41) is 6.74. The number of carbonyl (C=O) groups excluding carboxylic acids is 1. The molecule has 3 aromatic rings. The molecule has 1 N–H and O–H groups in total. The largest absolute Gasteiger partial charge is 0.408 e. The first-order valence-corrected chi connectivity index (χ1v) is 6.63. The van der Waals surface area contributed by atoms with Gasteiger partial charge in [0.05, 0.1) is 10.9 Å². The van der Waals surface area contributed by atoms with Gasteiger partial charge in [0.2, 0.25) is 0 Å². The summed E-state index contributed by atoms with van der Waals surface area (Å²) in [5.74, 6) is -0.460. The van der Waals surface area contributed by atoms with Crippen LogP contribution in [0.1, 0.15) is 10.5 Å². The van der Waals surface area contributed by atoms with E-state index < -0.39 is 18.5 Å². The number of halogens is 4. The lowest BCUT2D eigenvalue weighted by atomic mass is 10.2. The quantitative estimate of drug-likeness (QED) is 0.584. The van der Waals surface area contributed by atoms with Crippen molar-refractivity contribution in [3.05, 3.63) is 42.1 Å². The molecule has 0 bridgehead atoms. The van der Waals surface area contributed by atoms with Crippen molar-refractivity contribution >= 4 is 28.8 Å². The molecule has 10 heteroatoms. The molecule has 6 nitrogen and oxygen atoms in total. The monoisotopic (exact) mass is 339 g/mol. The Balaban J connectivity index is 2.08. The molecular weight excluding hydrogens is 330 g/mol. The zero-order valence-electron chi connectivity index (χ0n) is 11.9. The van der Waals surface area contributed by atoms with E-state index in [0.29, 0.717) is 11.0 Å². The maximum Gasteiger partial charge on any atom is 0.408 e. The lowest BCUT2D eigenvalue weighted by Crippen LogP contribution is -2.18. The normalized spacial score (nSPS) is 11.7. The van der Waals surface area contributed by atoms with Crippen LogP contribution in [0.3, 0.4) is 0 Å². The van der Waals surface area contributed by atoms with Crippen LogP contribution in [0.25, 0.3) is 10.9 Å². The van der Waals surface area contributed by atoms with Gasteiger partial charge in [-0.2, -0.15) is 18.3 Å². The molecule has 3 rings (SSSR count). The Labute approximate surface area is 132 Å². The molecule has 0 aromatic carbocycles. The van der Waals surface area contributed by atoms with Crippen LogP contribution < -0.4 is 5.32 Å².